The Morgan fingerprint density at radius 1 is 1.20 bits per heavy atom. The van der Waals surface area contributed by atoms with Crippen LogP contribution in [0.3, 0.4) is 0 Å². The minimum atomic E-state index is -4.73. The number of hydrogen-bond acceptors (Lipinski definition) is 3. The minimum Gasteiger partial charge on any atom is -0.467 e. The van der Waals surface area contributed by atoms with Gasteiger partial charge in [-0.3, -0.25) is 0 Å². The second kappa shape index (κ2) is 5.58. The molecule has 0 fully saturated rings. The summed E-state index contributed by atoms with van der Waals surface area (Å²) in [5.41, 5.74) is 1.22. The molecule has 1 aromatic heterocycles. The molecule has 1 aromatic carbocycles. The maximum atomic E-state index is 12.4. The monoisotopic (exact) mass is 285 g/mol. The van der Waals surface area contributed by atoms with Gasteiger partial charge in [0.1, 0.15) is 11.5 Å². The number of ether oxygens (including phenoxy) is 1. The number of alkyl halides is 3. The molecule has 108 valence electrons. The first-order chi connectivity index (χ1) is 9.42. The van der Waals surface area contributed by atoms with E-state index in [4.69, 9.17) is 4.42 Å². The molecule has 1 unspecified atom stereocenters. The molecule has 6 heteroatoms. The second-order valence-electron chi connectivity index (χ2n) is 4.28. The van der Waals surface area contributed by atoms with Crippen molar-refractivity contribution < 1.29 is 22.3 Å². The molecule has 0 saturated heterocycles. The molecule has 0 aliphatic heterocycles. The Bertz CT molecular complexity index is 578. The van der Waals surface area contributed by atoms with E-state index in [0.29, 0.717) is 11.3 Å². The average Bonchev–Trinajstić information content (AvgIpc) is 2.77. The number of halogens is 3. The van der Waals surface area contributed by atoms with Crippen molar-refractivity contribution in [1.29, 1.82) is 0 Å². The van der Waals surface area contributed by atoms with Gasteiger partial charge in [-0.2, -0.15) is 0 Å². The molecule has 1 atom stereocenters. The third kappa shape index (κ3) is 3.14. The molecule has 1 heterocycles. The van der Waals surface area contributed by atoms with E-state index < -0.39 is 12.4 Å². The molecule has 3 nitrogen and oxygen atoms in total. The lowest BCUT2D eigenvalue weighted by Gasteiger charge is -2.19. The van der Waals surface area contributed by atoms with Gasteiger partial charge in [0.05, 0.1) is 12.3 Å². The molecular weight excluding hydrogens is 271 g/mol. The molecule has 20 heavy (non-hydrogen) atoms. The zero-order valence-electron chi connectivity index (χ0n) is 11.0. The predicted molar refractivity (Wildman–Crippen MR) is 67.5 cm³/mol. The molecule has 0 amide bonds. The van der Waals surface area contributed by atoms with Gasteiger partial charge in [-0.1, -0.05) is 18.2 Å². The molecule has 2 aromatic rings. The molecule has 0 radical (unpaired) electrons. The Balaban J connectivity index is 2.43. The summed E-state index contributed by atoms with van der Waals surface area (Å²) in [5, 5.41) is 2.95. The van der Waals surface area contributed by atoms with E-state index in [1.54, 1.807) is 25.2 Å². The fourth-order valence-corrected chi connectivity index (χ4v) is 2.04. The highest BCUT2D eigenvalue weighted by molar-refractivity contribution is 5.41. The maximum absolute atomic E-state index is 12.4. The van der Waals surface area contributed by atoms with Crippen molar-refractivity contribution in [1.82, 2.24) is 5.32 Å². The van der Waals surface area contributed by atoms with Crippen LogP contribution < -0.4 is 10.1 Å². The first kappa shape index (κ1) is 14.5. The molecule has 0 aliphatic rings. The summed E-state index contributed by atoms with van der Waals surface area (Å²) in [4.78, 5) is 0. The normalized spacial score (nSPS) is 13.2. The van der Waals surface area contributed by atoms with Crippen LogP contribution in [0.2, 0.25) is 0 Å². The van der Waals surface area contributed by atoms with Crippen LogP contribution in [0.1, 0.15) is 22.9 Å². The highest BCUT2D eigenvalue weighted by Gasteiger charge is 2.33. The zero-order valence-corrected chi connectivity index (χ0v) is 11.0. The van der Waals surface area contributed by atoms with Gasteiger partial charge in [0.25, 0.3) is 0 Å². The fourth-order valence-electron chi connectivity index (χ4n) is 2.04. The zero-order chi connectivity index (χ0) is 14.8. The van der Waals surface area contributed by atoms with Crippen molar-refractivity contribution in [3.63, 3.8) is 0 Å². The summed E-state index contributed by atoms with van der Waals surface area (Å²) in [7, 11) is 1.65. The lowest BCUT2D eigenvalue weighted by molar-refractivity contribution is -0.275. The van der Waals surface area contributed by atoms with Gasteiger partial charge >= 0.3 is 6.36 Å². The topological polar surface area (TPSA) is 34.4 Å². The highest BCUT2D eigenvalue weighted by Crippen LogP contribution is 2.34. The Labute approximate surface area is 114 Å². The van der Waals surface area contributed by atoms with Crippen molar-refractivity contribution >= 4 is 0 Å². The van der Waals surface area contributed by atoms with Gasteiger partial charge in [0, 0.05) is 5.56 Å². The van der Waals surface area contributed by atoms with E-state index in [2.05, 4.69) is 10.1 Å². The third-order valence-electron chi connectivity index (χ3n) is 2.91. The number of furan rings is 1. The van der Waals surface area contributed by atoms with Gasteiger partial charge in [-0.05, 0) is 31.7 Å². The van der Waals surface area contributed by atoms with Crippen molar-refractivity contribution in [2.75, 3.05) is 7.05 Å². The van der Waals surface area contributed by atoms with Crippen LogP contribution in [-0.4, -0.2) is 13.4 Å². The lowest BCUT2D eigenvalue weighted by atomic mass is 10.0. The number of para-hydroxylation sites is 1. The summed E-state index contributed by atoms with van der Waals surface area (Å²) >= 11 is 0. The average molecular weight is 285 g/mol. The Kier molecular flexibility index (Phi) is 4.04. The molecular formula is C14H14F3NO2. The van der Waals surface area contributed by atoms with E-state index in [9.17, 15) is 13.2 Å². The van der Waals surface area contributed by atoms with Crippen LogP contribution in [0.5, 0.6) is 5.75 Å². The molecule has 0 bridgehead atoms. The summed E-state index contributed by atoms with van der Waals surface area (Å²) in [6.45, 7) is 1.83. The van der Waals surface area contributed by atoms with Crippen LogP contribution >= 0.6 is 0 Å². The smallest absolute Gasteiger partial charge is 0.467 e. The minimum absolute atomic E-state index is 0.241. The summed E-state index contributed by atoms with van der Waals surface area (Å²) < 4.78 is 46.8. The number of benzene rings is 1. The quantitative estimate of drug-likeness (QED) is 0.928. The summed E-state index contributed by atoms with van der Waals surface area (Å²) in [5.74, 6) is 0.320. The molecule has 0 aliphatic carbocycles. The van der Waals surface area contributed by atoms with E-state index in [0.717, 1.165) is 5.56 Å². The second-order valence-corrected chi connectivity index (χ2v) is 4.28. The number of rotatable bonds is 4. The van der Waals surface area contributed by atoms with Crippen molar-refractivity contribution in [3.8, 4) is 5.75 Å². The van der Waals surface area contributed by atoms with Crippen LogP contribution in [0.25, 0.3) is 0 Å². The van der Waals surface area contributed by atoms with Crippen molar-refractivity contribution in [3.05, 3.63) is 53.5 Å². The van der Waals surface area contributed by atoms with E-state index >= 15 is 0 Å². The van der Waals surface area contributed by atoms with Crippen LogP contribution in [0.4, 0.5) is 13.2 Å². The van der Waals surface area contributed by atoms with Gasteiger partial charge in [-0.25, -0.2) is 0 Å². The predicted octanol–water partition coefficient (Wildman–Crippen LogP) is 3.80. The first-order valence-corrected chi connectivity index (χ1v) is 5.98. The third-order valence-corrected chi connectivity index (χ3v) is 2.91. The largest absolute Gasteiger partial charge is 0.573 e. The Morgan fingerprint density at radius 3 is 2.45 bits per heavy atom. The van der Waals surface area contributed by atoms with Gasteiger partial charge in [0.2, 0.25) is 0 Å². The fraction of sp³-hybridized carbons (Fsp3) is 0.286. The van der Waals surface area contributed by atoms with Gasteiger partial charge in [0.15, 0.2) is 0 Å². The molecule has 0 saturated carbocycles. The number of nitrogens with one attached hydrogen (secondary N) is 1. The van der Waals surface area contributed by atoms with Crippen LogP contribution in [-0.2, 0) is 0 Å². The van der Waals surface area contributed by atoms with Gasteiger partial charge in [-0.15, -0.1) is 13.2 Å². The summed E-state index contributed by atoms with van der Waals surface area (Å²) in [6, 6.07) is 7.25. The number of hydrogen-bond donors (Lipinski definition) is 1. The molecule has 2 rings (SSSR count). The molecule has 1 N–H and O–H groups in total. The first-order valence-electron chi connectivity index (χ1n) is 5.98. The van der Waals surface area contributed by atoms with Gasteiger partial charge < -0.3 is 14.5 Å². The number of aryl methyl sites for hydroxylation is 1. The Hall–Kier alpha value is -1.95. The van der Waals surface area contributed by atoms with Crippen LogP contribution in [0, 0.1) is 6.92 Å². The van der Waals surface area contributed by atoms with E-state index in [-0.39, 0.29) is 5.75 Å². The standard InChI is InChI=1S/C14H14F3NO2/c1-9-7-8-19-13(9)12(18-2)10-5-3-4-6-11(10)20-14(15,16)17/h3-8,12,18H,1-2H3. The maximum Gasteiger partial charge on any atom is 0.573 e. The Morgan fingerprint density at radius 2 is 1.90 bits per heavy atom. The summed E-state index contributed by atoms with van der Waals surface area (Å²) in [6.07, 6.45) is -3.23. The molecule has 0 spiro atoms. The van der Waals surface area contributed by atoms with Crippen LogP contribution in [0.15, 0.2) is 41.0 Å². The van der Waals surface area contributed by atoms with E-state index in [1.165, 1.54) is 18.4 Å². The van der Waals surface area contributed by atoms with Crippen molar-refractivity contribution in [2.24, 2.45) is 0 Å². The van der Waals surface area contributed by atoms with E-state index in [1.807, 2.05) is 6.92 Å². The SMILES string of the molecule is CNC(c1ccccc1OC(F)(F)F)c1occc1C. The van der Waals surface area contributed by atoms with Crippen molar-refractivity contribution in [2.45, 2.75) is 19.3 Å². The lowest BCUT2D eigenvalue weighted by Crippen LogP contribution is -2.22. The highest BCUT2D eigenvalue weighted by atomic mass is 19.4.